The maximum absolute atomic E-state index is 12.5. The van der Waals surface area contributed by atoms with Crippen molar-refractivity contribution >= 4 is 11.8 Å². The SMILES string of the molecule is COc1cc2c(cc1OC)CN(C[C@H]1C[C@@H](c3ccc(CO)cc3)O[C@@H](c3ccc(-c4cccc(CNC(=O)CCCCCCC(=O)NO)c4)cc3)O1)CC2. The zero-order valence-electron chi connectivity index (χ0n) is 31.8. The van der Waals surface area contributed by atoms with Gasteiger partial charge in [0.1, 0.15) is 0 Å². The van der Waals surface area contributed by atoms with Crippen LogP contribution in [-0.4, -0.2) is 60.4 Å². The molecule has 4 N–H and O–H groups in total. The van der Waals surface area contributed by atoms with Crippen LogP contribution in [0.2, 0.25) is 0 Å². The molecule has 292 valence electrons. The monoisotopic (exact) mass is 751 g/mol. The van der Waals surface area contributed by atoms with Crippen molar-refractivity contribution in [2.45, 2.75) is 89.6 Å². The van der Waals surface area contributed by atoms with Gasteiger partial charge in [0.2, 0.25) is 11.8 Å². The van der Waals surface area contributed by atoms with Crippen molar-refractivity contribution in [2.75, 3.05) is 27.3 Å². The molecule has 0 bridgehead atoms. The lowest BCUT2D eigenvalue weighted by Gasteiger charge is -2.39. The number of amides is 2. The Bertz CT molecular complexity index is 1870. The molecule has 0 aliphatic carbocycles. The van der Waals surface area contributed by atoms with Crippen molar-refractivity contribution in [3.8, 4) is 22.6 Å². The number of carbonyl (C=O) groups excluding carboxylic acids is 2. The van der Waals surface area contributed by atoms with E-state index in [0.717, 1.165) is 90.2 Å². The number of aliphatic hydroxyl groups is 1. The third-order valence-corrected chi connectivity index (χ3v) is 10.5. The Morgan fingerprint density at radius 2 is 1.47 bits per heavy atom. The van der Waals surface area contributed by atoms with Gasteiger partial charge in [0.15, 0.2) is 17.8 Å². The first-order valence-corrected chi connectivity index (χ1v) is 19.2. The highest BCUT2D eigenvalue weighted by Gasteiger charge is 2.34. The summed E-state index contributed by atoms with van der Waals surface area (Å²) in [7, 11) is 3.34. The topological polar surface area (TPSA) is 139 Å². The van der Waals surface area contributed by atoms with Crippen LogP contribution >= 0.6 is 0 Å². The molecular weight excluding hydrogens is 698 g/mol. The number of nitrogens with one attached hydrogen (secondary N) is 2. The summed E-state index contributed by atoms with van der Waals surface area (Å²) in [6.45, 7) is 2.90. The van der Waals surface area contributed by atoms with E-state index in [1.807, 2.05) is 36.4 Å². The van der Waals surface area contributed by atoms with Crippen molar-refractivity contribution in [1.82, 2.24) is 15.7 Å². The van der Waals surface area contributed by atoms with E-state index in [-0.39, 0.29) is 37.0 Å². The molecule has 2 aliphatic rings. The van der Waals surface area contributed by atoms with E-state index in [1.54, 1.807) is 19.7 Å². The summed E-state index contributed by atoms with van der Waals surface area (Å²) >= 11 is 0. The number of carbonyl (C=O) groups is 2. The van der Waals surface area contributed by atoms with Gasteiger partial charge in [-0.3, -0.25) is 19.7 Å². The highest BCUT2D eigenvalue weighted by Crippen LogP contribution is 2.40. The molecule has 6 rings (SSSR count). The average molecular weight is 752 g/mol. The fourth-order valence-electron chi connectivity index (χ4n) is 7.38. The second-order valence-corrected chi connectivity index (χ2v) is 14.4. The summed E-state index contributed by atoms with van der Waals surface area (Å²) in [6.07, 6.45) is 4.67. The predicted molar refractivity (Wildman–Crippen MR) is 208 cm³/mol. The van der Waals surface area contributed by atoms with E-state index >= 15 is 0 Å². The van der Waals surface area contributed by atoms with Gasteiger partial charge in [-0.05, 0) is 76.4 Å². The average Bonchev–Trinajstić information content (AvgIpc) is 3.23. The minimum Gasteiger partial charge on any atom is -0.493 e. The smallest absolute Gasteiger partial charge is 0.243 e. The molecular formula is C44H53N3O8. The molecule has 0 saturated carbocycles. The highest BCUT2D eigenvalue weighted by atomic mass is 16.7. The van der Waals surface area contributed by atoms with Crippen LogP contribution in [0.25, 0.3) is 11.1 Å². The summed E-state index contributed by atoms with van der Waals surface area (Å²) < 4.78 is 24.5. The molecule has 0 radical (unpaired) electrons. The molecule has 2 aliphatic heterocycles. The van der Waals surface area contributed by atoms with Gasteiger partial charge in [-0.25, -0.2) is 5.48 Å². The number of benzene rings is 4. The lowest BCUT2D eigenvalue weighted by molar-refractivity contribution is -0.253. The largest absolute Gasteiger partial charge is 0.493 e. The van der Waals surface area contributed by atoms with Crippen LogP contribution < -0.4 is 20.3 Å². The van der Waals surface area contributed by atoms with E-state index in [9.17, 15) is 14.7 Å². The van der Waals surface area contributed by atoms with E-state index in [2.05, 4.69) is 58.7 Å². The zero-order valence-corrected chi connectivity index (χ0v) is 31.8. The van der Waals surface area contributed by atoms with Gasteiger partial charge in [-0.1, -0.05) is 79.6 Å². The molecule has 0 aromatic heterocycles. The number of fused-ring (bicyclic) bond motifs is 1. The minimum atomic E-state index is -0.557. The molecule has 3 atom stereocenters. The number of rotatable bonds is 17. The third-order valence-electron chi connectivity index (χ3n) is 10.5. The van der Waals surface area contributed by atoms with Crippen LogP contribution in [0.5, 0.6) is 11.5 Å². The maximum atomic E-state index is 12.5. The van der Waals surface area contributed by atoms with Crippen molar-refractivity contribution in [2.24, 2.45) is 0 Å². The second-order valence-electron chi connectivity index (χ2n) is 14.4. The molecule has 4 aromatic rings. The molecule has 2 amide bonds. The molecule has 2 heterocycles. The molecule has 1 fully saturated rings. The summed E-state index contributed by atoms with van der Waals surface area (Å²) in [6, 6.07) is 28.6. The van der Waals surface area contributed by atoms with Crippen molar-refractivity contribution in [3.63, 3.8) is 0 Å². The Hall–Kier alpha value is -4.78. The second kappa shape index (κ2) is 19.7. The Balaban J connectivity index is 1.08. The van der Waals surface area contributed by atoms with Gasteiger partial charge in [0, 0.05) is 51.0 Å². The first-order valence-electron chi connectivity index (χ1n) is 19.2. The summed E-state index contributed by atoms with van der Waals surface area (Å²) in [5.41, 5.74) is 10.1. The standard InChI is InChI=1S/C44H53N3O8/c1-52-40-23-36-20-21-47(27-37(36)24-41(40)53-2)28-38-25-39(33-14-12-30(29-48)13-15-33)55-44(54-38)34-18-16-32(17-19-34)35-9-7-8-31(22-35)26-45-42(49)10-5-3-4-6-11-43(50)46-51/h7-9,12-19,22-24,38-39,44,48,51H,3-6,10-11,20-21,25-29H2,1-2H3,(H,45,49)(H,46,50)/t38-,39+,44+/m1/s1. The first kappa shape index (κ1) is 39.9. The number of methoxy groups -OCH3 is 2. The number of unbranched alkanes of at least 4 members (excludes halogenated alkanes) is 3. The van der Waals surface area contributed by atoms with Gasteiger partial charge in [-0.15, -0.1) is 0 Å². The van der Waals surface area contributed by atoms with Crippen LogP contribution in [0.3, 0.4) is 0 Å². The molecule has 11 nitrogen and oxygen atoms in total. The number of aliphatic hydroxyl groups excluding tert-OH is 1. The van der Waals surface area contributed by atoms with E-state index in [4.69, 9.17) is 24.2 Å². The molecule has 55 heavy (non-hydrogen) atoms. The Morgan fingerprint density at radius 3 is 2.16 bits per heavy atom. The third kappa shape index (κ3) is 10.9. The first-order chi connectivity index (χ1) is 26.8. The number of ether oxygens (including phenoxy) is 4. The normalized spacial score (nSPS) is 18.3. The Kier molecular flexibility index (Phi) is 14.3. The van der Waals surface area contributed by atoms with Crippen LogP contribution in [0.4, 0.5) is 0 Å². The quantitative estimate of drug-likeness (QED) is 0.0514. The lowest BCUT2D eigenvalue weighted by atomic mass is 9.96. The molecule has 11 heteroatoms. The molecule has 4 aromatic carbocycles. The summed E-state index contributed by atoms with van der Waals surface area (Å²) in [5.74, 6) is 1.12. The fraction of sp³-hybridized carbons (Fsp3) is 0.409. The fourth-order valence-corrected chi connectivity index (χ4v) is 7.38. The highest BCUT2D eigenvalue weighted by molar-refractivity contribution is 5.76. The van der Waals surface area contributed by atoms with Crippen LogP contribution in [-0.2, 0) is 45.2 Å². The summed E-state index contributed by atoms with van der Waals surface area (Å²) in [5, 5.41) is 21.2. The molecule has 0 spiro atoms. The molecule has 1 saturated heterocycles. The van der Waals surface area contributed by atoms with Gasteiger partial charge in [0.05, 0.1) is 33.0 Å². The van der Waals surface area contributed by atoms with Crippen LogP contribution in [0.15, 0.2) is 84.9 Å². The number of hydrogen-bond donors (Lipinski definition) is 4. The van der Waals surface area contributed by atoms with Gasteiger partial charge in [0.25, 0.3) is 0 Å². The maximum Gasteiger partial charge on any atom is 0.243 e. The Labute approximate surface area is 323 Å². The minimum absolute atomic E-state index is 0.00212. The number of nitrogens with zero attached hydrogens (tertiary/aromatic N) is 1. The van der Waals surface area contributed by atoms with Gasteiger partial charge in [-0.2, -0.15) is 0 Å². The zero-order chi connectivity index (χ0) is 38.6. The number of hydrogen-bond acceptors (Lipinski definition) is 9. The van der Waals surface area contributed by atoms with Gasteiger partial charge < -0.3 is 29.4 Å². The van der Waals surface area contributed by atoms with Crippen molar-refractivity contribution in [3.05, 3.63) is 118 Å². The van der Waals surface area contributed by atoms with Gasteiger partial charge >= 0.3 is 0 Å². The van der Waals surface area contributed by atoms with Crippen LogP contribution in [0, 0.1) is 0 Å². The van der Waals surface area contributed by atoms with Crippen LogP contribution in [0.1, 0.15) is 90.7 Å². The van der Waals surface area contributed by atoms with Crippen molar-refractivity contribution < 1.29 is 38.9 Å². The molecule has 0 unspecified atom stereocenters. The number of hydroxylamine groups is 1. The lowest BCUT2D eigenvalue weighted by Crippen LogP contribution is -2.41. The summed E-state index contributed by atoms with van der Waals surface area (Å²) in [4.78, 5) is 26.0. The predicted octanol–water partition coefficient (Wildman–Crippen LogP) is 6.93. The Morgan fingerprint density at radius 1 is 0.782 bits per heavy atom. The van der Waals surface area contributed by atoms with E-state index in [1.165, 1.54) is 11.1 Å². The van der Waals surface area contributed by atoms with E-state index in [0.29, 0.717) is 25.8 Å². The van der Waals surface area contributed by atoms with Crippen molar-refractivity contribution in [1.29, 1.82) is 0 Å². The van der Waals surface area contributed by atoms with E-state index < -0.39 is 6.29 Å².